The highest BCUT2D eigenvalue weighted by atomic mass is 35.5. The zero-order valence-electron chi connectivity index (χ0n) is 21.1. The van der Waals surface area contributed by atoms with E-state index in [9.17, 15) is 9.90 Å². The summed E-state index contributed by atoms with van der Waals surface area (Å²) in [4.78, 5) is 24.7. The average molecular weight is 540 g/mol. The van der Waals surface area contributed by atoms with Crippen molar-refractivity contribution in [2.24, 2.45) is 0 Å². The number of aliphatic carboxylic acids is 1. The molecular weight excluding hydrogens is 512 g/mol. The highest BCUT2D eigenvalue weighted by Gasteiger charge is 2.44. The van der Waals surface area contributed by atoms with Gasteiger partial charge in [-0.3, -0.25) is 4.79 Å². The fraction of sp³-hybridized carbons (Fsp3) is 0.393. The first-order chi connectivity index (χ1) is 18.0. The maximum absolute atomic E-state index is 15.0. The molecule has 0 saturated heterocycles. The minimum atomic E-state index is -2.88. The third kappa shape index (κ3) is 4.18. The van der Waals surface area contributed by atoms with Crippen LogP contribution in [0.1, 0.15) is 54.4 Å². The lowest BCUT2D eigenvalue weighted by molar-refractivity contribution is -0.138. The summed E-state index contributed by atoms with van der Waals surface area (Å²) in [5.74, 6) is -3.01. The van der Waals surface area contributed by atoms with Gasteiger partial charge in [0.1, 0.15) is 5.02 Å². The van der Waals surface area contributed by atoms with E-state index >= 15 is 8.78 Å². The van der Waals surface area contributed by atoms with Gasteiger partial charge in [0.25, 0.3) is 5.92 Å². The highest BCUT2D eigenvalue weighted by Crippen LogP contribution is 2.50. The van der Waals surface area contributed by atoms with Gasteiger partial charge in [-0.2, -0.15) is 4.98 Å². The normalized spacial score (nSPS) is 23.6. The predicted molar refractivity (Wildman–Crippen MR) is 142 cm³/mol. The van der Waals surface area contributed by atoms with E-state index in [1.54, 1.807) is 0 Å². The smallest absolute Gasteiger partial charge is 0.304 e. The molecule has 2 atom stereocenters. The number of anilines is 4. The predicted octanol–water partition coefficient (Wildman–Crippen LogP) is 6.17. The van der Waals surface area contributed by atoms with E-state index in [0.717, 1.165) is 28.9 Å². The van der Waals surface area contributed by atoms with E-state index in [-0.39, 0.29) is 30.3 Å². The molecule has 2 aliphatic heterocycles. The van der Waals surface area contributed by atoms with Crippen molar-refractivity contribution in [3.63, 3.8) is 0 Å². The number of fused-ring (bicyclic) bond motifs is 1. The Morgan fingerprint density at radius 3 is 2.84 bits per heavy atom. The van der Waals surface area contributed by atoms with E-state index in [1.807, 2.05) is 49.2 Å². The van der Waals surface area contributed by atoms with Crippen molar-refractivity contribution in [3.05, 3.63) is 69.9 Å². The van der Waals surface area contributed by atoms with Crippen molar-refractivity contribution in [1.29, 1.82) is 0 Å². The summed E-state index contributed by atoms with van der Waals surface area (Å²) in [7, 11) is 2.01. The molecule has 3 aliphatic rings. The maximum atomic E-state index is 15.0. The van der Waals surface area contributed by atoms with Crippen LogP contribution in [-0.4, -0.2) is 46.1 Å². The first-order valence-corrected chi connectivity index (χ1v) is 13.0. The molecule has 2 unspecified atom stereocenters. The number of likely N-dealkylation sites (N-methyl/N-ethyl adjacent to an activating group) is 1. The number of carboxylic acid groups (broad SMARTS) is 1. The molecule has 0 bridgehead atoms. The van der Waals surface area contributed by atoms with Gasteiger partial charge in [0, 0.05) is 48.4 Å². The number of benzene rings is 2. The van der Waals surface area contributed by atoms with Crippen LogP contribution in [0.5, 0.6) is 0 Å². The molecule has 0 fully saturated rings. The van der Waals surface area contributed by atoms with Crippen LogP contribution < -0.4 is 10.2 Å². The molecule has 0 saturated carbocycles. The number of nitrogens with one attached hydrogen (secondary N) is 1. The number of carbonyl (C=O) groups is 1. The molecule has 6 rings (SSSR count). The second kappa shape index (κ2) is 8.88. The number of rotatable bonds is 5. The van der Waals surface area contributed by atoms with Gasteiger partial charge in [-0.15, -0.1) is 0 Å². The summed E-state index contributed by atoms with van der Waals surface area (Å²) in [6, 6.07) is 11.1. The summed E-state index contributed by atoms with van der Waals surface area (Å²) in [6.07, 6.45) is 1.75. The lowest BCUT2D eigenvalue weighted by Gasteiger charge is -2.39. The molecule has 0 radical (unpaired) electrons. The largest absolute Gasteiger partial charge is 0.481 e. The third-order valence-electron chi connectivity index (χ3n) is 7.98. The molecule has 1 aromatic heterocycles. The molecule has 3 aromatic rings. The molecule has 2 aromatic carbocycles. The second-order valence-electron chi connectivity index (χ2n) is 11.0. The van der Waals surface area contributed by atoms with Gasteiger partial charge in [0.2, 0.25) is 5.95 Å². The summed E-state index contributed by atoms with van der Waals surface area (Å²) < 4.78 is 30.0. The molecule has 2 N–H and O–H groups in total. The van der Waals surface area contributed by atoms with Crippen molar-refractivity contribution < 1.29 is 18.7 Å². The first kappa shape index (κ1) is 25.0. The van der Waals surface area contributed by atoms with Gasteiger partial charge in [0.05, 0.1) is 12.6 Å². The molecule has 198 valence electrons. The molecule has 10 heteroatoms. The minimum absolute atomic E-state index is 0.0458. The van der Waals surface area contributed by atoms with Gasteiger partial charge in [0.15, 0.2) is 5.82 Å². The Morgan fingerprint density at radius 2 is 2.05 bits per heavy atom. The lowest BCUT2D eigenvalue weighted by Crippen LogP contribution is -2.36. The average Bonchev–Trinajstić information content (AvgIpc) is 3.14. The van der Waals surface area contributed by atoms with Crippen LogP contribution in [0.25, 0.3) is 0 Å². The maximum Gasteiger partial charge on any atom is 0.304 e. The quantitative estimate of drug-likeness (QED) is 0.401. The highest BCUT2D eigenvalue weighted by molar-refractivity contribution is 6.33. The zero-order valence-corrected chi connectivity index (χ0v) is 21.9. The Kier molecular flexibility index (Phi) is 5.84. The van der Waals surface area contributed by atoms with Crippen LogP contribution in [-0.2, 0) is 22.7 Å². The lowest BCUT2D eigenvalue weighted by atomic mass is 9.76. The Labute approximate surface area is 224 Å². The summed E-state index contributed by atoms with van der Waals surface area (Å²) >= 11 is 6.55. The van der Waals surface area contributed by atoms with Crippen LogP contribution >= 0.6 is 11.6 Å². The monoisotopic (exact) mass is 539 g/mol. The second-order valence-corrected chi connectivity index (χ2v) is 11.4. The van der Waals surface area contributed by atoms with Crippen LogP contribution in [0.15, 0.2) is 42.6 Å². The summed E-state index contributed by atoms with van der Waals surface area (Å²) in [5.41, 5.74) is 3.37. The number of hydrogen-bond acceptors (Lipinski definition) is 6. The molecule has 7 nitrogen and oxygen atoms in total. The Bertz CT molecular complexity index is 1450. The number of alkyl halides is 2. The van der Waals surface area contributed by atoms with Gasteiger partial charge in [-0.25, -0.2) is 13.8 Å². The van der Waals surface area contributed by atoms with Crippen molar-refractivity contribution in [2.75, 3.05) is 30.4 Å². The molecular formula is C28H28ClF2N5O2. The van der Waals surface area contributed by atoms with Crippen LogP contribution in [0.2, 0.25) is 5.02 Å². The van der Waals surface area contributed by atoms with Crippen molar-refractivity contribution in [3.8, 4) is 0 Å². The number of para-hydroxylation sites is 1. The van der Waals surface area contributed by atoms with E-state index < -0.39 is 17.3 Å². The van der Waals surface area contributed by atoms with Crippen molar-refractivity contribution >= 4 is 40.7 Å². The molecule has 1 aliphatic carbocycles. The summed E-state index contributed by atoms with van der Waals surface area (Å²) in [6.45, 7) is 3.67. The standard InChI is InChI=1S/C28H28ClF2N5O2/c1-27(11-23(37)38)15-36(22-6-4-3-5-19(22)27)25-21(29)12-32-26(34-25)33-18-9-17-14-35(2)13-16-7-8-28(30,31)20(10-18)24(16)17/h3-6,9-10,12,16H,7-8,11,13-15H2,1-2H3,(H,37,38)(H,32,33,34). The SMILES string of the molecule is CN1Cc2cc(Nc3ncc(Cl)c(N4CC(C)(CC(=O)O)c5ccccc54)n3)cc3c2C(CCC3(F)F)C1. The number of carboxylic acids is 1. The van der Waals surface area contributed by atoms with Gasteiger partial charge < -0.3 is 20.2 Å². The van der Waals surface area contributed by atoms with E-state index in [2.05, 4.69) is 20.2 Å². The Hall–Kier alpha value is -3.30. The van der Waals surface area contributed by atoms with Crippen molar-refractivity contribution in [1.82, 2.24) is 14.9 Å². The molecule has 38 heavy (non-hydrogen) atoms. The van der Waals surface area contributed by atoms with Crippen molar-refractivity contribution in [2.45, 2.75) is 50.0 Å². The van der Waals surface area contributed by atoms with Gasteiger partial charge >= 0.3 is 5.97 Å². The van der Waals surface area contributed by atoms with E-state index in [4.69, 9.17) is 11.6 Å². The number of halogens is 3. The third-order valence-corrected chi connectivity index (χ3v) is 8.24. The minimum Gasteiger partial charge on any atom is -0.481 e. The Balaban J connectivity index is 1.37. The van der Waals surface area contributed by atoms with E-state index in [1.165, 1.54) is 12.3 Å². The Morgan fingerprint density at radius 1 is 1.26 bits per heavy atom. The first-order valence-electron chi connectivity index (χ1n) is 12.7. The van der Waals surface area contributed by atoms with Crippen LogP contribution in [0.4, 0.5) is 31.9 Å². The van der Waals surface area contributed by atoms with Crippen LogP contribution in [0.3, 0.4) is 0 Å². The molecule has 3 heterocycles. The van der Waals surface area contributed by atoms with Gasteiger partial charge in [-0.05, 0) is 54.3 Å². The van der Waals surface area contributed by atoms with Gasteiger partial charge in [-0.1, -0.05) is 36.7 Å². The fourth-order valence-corrected chi connectivity index (χ4v) is 6.59. The zero-order chi connectivity index (χ0) is 26.8. The molecule has 0 spiro atoms. The van der Waals surface area contributed by atoms with E-state index in [0.29, 0.717) is 36.0 Å². The number of nitrogens with zero attached hydrogens (tertiary/aromatic N) is 4. The summed E-state index contributed by atoms with van der Waals surface area (Å²) in [5, 5.41) is 13.0. The number of hydrogen-bond donors (Lipinski definition) is 2. The number of aromatic nitrogens is 2. The fourth-order valence-electron chi connectivity index (χ4n) is 6.40. The molecule has 0 amide bonds. The topological polar surface area (TPSA) is 81.6 Å². The van der Waals surface area contributed by atoms with Crippen LogP contribution in [0, 0.1) is 0 Å².